The third kappa shape index (κ3) is 4.65. The van der Waals surface area contributed by atoms with Crippen molar-refractivity contribution in [2.45, 2.75) is 41.0 Å². The molecule has 3 nitrogen and oxygen atoms in total. The molecule has 0 spiro atoms. The highest BCUT2D eigenvalue weighted by atomic mass is 16.6. The summed E-state index contributed by atoms with van der Waals surface area (Å²) in [6.07, 6.45) is 0.980. The first-order chi connectivity index (χ1) is 6.96. The summed E-state index contributed by atoms with van der Waals surface area (Å²) in [5, 5.41) is 0. The molecule has 0 aliphatic carbocycles. The molecule has 0 fully saturated rings. The van der Waals surface area contributed by atoms with E-state index in [1.54, 1.807) is 0 Å². The van der Waals surface area contributed by atoms with Crippen LogP contribution in [0, 0.1) is 11.3 Å². The molecule has 0 aliphatic rings. The lowest BCUT2D eigenvalue weighted by Crippen LogP contribution is -2.33. The van der Waals surface area contributed by atoms with Gasteiger partial charge in [-0.3, -0.25) is 4.79 Å². The maximum absolute atomic E-state index is 11.8. The van der Waals surface area contributed by atoms with Gasteiger partial charge in [-0.1, -0.05) is 20.3 Å². The highest BCUT2D eigenvalue weighted by Gasteiger charge is 2.34. The van der Waals surface area contributed by atoms with E-state index in [2.05, 4.69) is 13.8 Å². The van der Waals surface area contributed by atoms with Gasteiger partial charge in [0.15, 0.2) is 0 Å². The predicted octanol–water partition coefficient (Wildman–Crippen LogP) is 2.64. The van der Waals surface area contributed by atoms with E-state index in [4.69, 9.17) is 9.47 Å². The van der Waals surface area contributed by atoms with E-state index in [9.17, 15) is 4.79 Å². The molecule has 0 amide bonds. The second-order valence-corrected chi connectivity index (χ2v) is 4.36. The molecule has 0 N–H and O–H groups in total. The van der Waals surface area contributed by atoms with Gasteiger partial charge >= 0.3 is 5.97 Å². The number of rotatable bonds is 7. The van der Waals surface area contributed by atoms with Crippen molar-refractivity contribution in [2.24, 2.45) is 11.3 Å². The zero-order chi connectivity index (χ0) is 11.9. The fourth-order valence-corrected chi connectivity index (χ4v) is 1.24. The molecular weight excluding hydrogens is 192 g/mol. The van der Waals surface area contributed by atoms with Gasteiger partial charge in [0.1, 0.15) is 6.61 Å². The predicted molar refractivity (Wildman–Crippen MR) is 60.7 cm³/mol. The molecule has 0 bridgehead atoms. The summed E-state index contributed by atoms with van der Waals surface area (Å²) in [6, 6.07) is 0. The van der Waals surface area contributed by atoms with Crippen LogP contribution < -0.4 is 0 Å². The first kappa shape index (κ1) is 14.4. The molecule has 0 aromatic carbocycles. The van der Waals surface area contributed by atoms with E-state index in [0.717, 1.165) is 6.42 Å². The molecule has 90 valence electrons. The van der Waals surface area contributed by atoms with Crippen molar-refractivity contribution in [1.29, 1.82) is 0 Å². The highest BCUT2D eigenvalue weighted by Crippen LogP contribution is 2.30. The van der Waals surface area contributed by atoms with Crippen LogP contribution in [-0.2, 0) is 14.3 Å². The zero-order valence-electron chi connectivity index (χ0n) is 10.6. The van der Waals surface area contributed by atoms with E-state index in [0.29, 0.717) is 25.7 Å². The standard InChI is InChI=1S/C12H24O3/c1-6-10(3)12(4,5)11(13)15-9-8-14-7-2/h10H,6-9H2,1-5H3. The van der Waals surface area contributed by atoms with Crippen LogP contribution in [0.4, 0.5) is 0 Å². The van der Waals surface area contributed by atoms with E-state index < -0.39 is 5.41 Å². The van der Waals surface area contributed by atoms with Crippen LogP contribution >= 0.6 is 0 Å². The maximum Gasteiger partial charge on any atom is 0.311 e. The Bertz CT molecular complexity index is 187. The summed E-state index contributed by atoms with van der Waals surface area (Å²) < 4.78 is 10.3. The Morgan fingerprint density at radius 3 is 2.33 bits per heavy atom. The Labute approximate surface area is 93.1 Å². The second-order valence-electron chi connectivity index (χ2n) is 4.36. The van der Waals surface area contributed by atoms with Gasteiger partial charge in [-0.15, -0.1) is 0 Å². The molecule has 0 rings (SSSR count). The lowest BCUT2D eigenvalue weighted by molar-refractivity contribution is -0.158. The van der Waals surface area contributed by atoms with Crippen molar-refractivity contribution >= 4 is 5.97 Å². The van der Waals surface area contributed by atoms with Crippen molar-refractivity contribution < 1.29 is 14.3 Å². The summed E-state index contributed by atoms with van der Waals surface area (Å²) in [5.41, 5.74) is -0.402. The van der Waals surface area contributed by atoms with E-state index in [-0.39, 0.29) is 5.97 Å². The minimum atomic E-state index is -0.402. The maximum atomic E-state index is 11.8. The molecule has 1 unspecified atom stereocenters. The topological polar surface area (TPSA) is 35.5 Å². The van der Waals surface area contributed by atoms with Crippen molar-refractivity contribution in [1.82, 2.24) is 0 Å². The summed E-state index contributed by atoms with van der Waals surface area (Å²) in [5.74, 6) is 0.202. The van der Waals surface area contributed by atoms with Crippen molar-refractivity contribution in [2.75, 3.05) is 19.8 Å². The van der Waals surface area contributed by atoms with Crippen molar-refractivity contribution in [3.8, 4) is 0 Å². The van der Waals surface area contributed by atoms with Gasteiger partial charge in [0, 0.05) is 6.61 Å². The van der Waals surface area contributed by atoms with Gasteiger partial charge in [-0.05, 0) is 26.7 Å². The van der Waals surface area contributed by atoms with Gasteiger partial charge in [-0.2, -0.15) is 0 Å². The average Bonchev–Trinajstić information content (AvgIpc) is 2.22. The zero-order valence-corrected chi connectivity index (χ0v) is 10.6. The van der Waals surface area contributed by atoms with Crippen molar-refractivity contribution in [3.05, 3.63) is 0 Å². The summed E-state index contributed by atoms with van der Waals surface area (Å²) in [6.45, 7) is 11.4. The largest absolute Gasteiger partial charge is 0.463 e. The number of hydrogen-bond acceptors (Lipinski definition) is 3. The Hall–Kier alpha value is -0.570. The van der Waals surface area contributed by atoms with Gasteiger partial charge in [0.05, 0.1) is 12.0 Å². The first-order valence-corrected chi connectivity index (χ1v) is 5.71. The highest BCUT2D eigenvalue weighted by molar-refractivity contribution is 5.76. The van der Waals surface area contributed by atoms with Gasteiger partial charge in [-0.25, -0.2) is 0 Å². The van der Waals surface area contributed by atoms with Gasteiger partial charge in [0.2, 0.25) is 0 Å². The number of esters is 1. The number of carbonyl (C=O) groups excluding carboxylic acids is 1. The number of ether oxygens (including phenoxy) is 2. The molecule has 3 heteroatoms. The summed E-state index contributed by atoms with van der Waals surface area (Å²) in [4.78, 5) is 11.8. The van der Waals surface area contributed by atoms with Crippen LogP contribution in [-0.4, -0.2) is 25.8 Å². The Morgan fingerprint density at radius 1 is 1.27 bits per heavy atom. The molecule has 0 saturated heterocycles. The monoisotopic (exact) mass is 216 g/mol. The Morgan fingerprint density at radius 2 is 1.87 bits per heavy atom. The fourth-order valence-electron chi connectivity index (χ4n) is 1.24. The average molecular weight is 216 g/mol. The number of carbonyl (C=O) groups is 1. The van der Waals surface area contributed by atoms with E-state index >= 15 is 0 Å². The lowest BCUT2D eigenvalue weighted by atomic mass is 9.78. The number of hydrogen-bond donors (Lipinski definition) is 0. The first-order valence-electron chi connectivity index (χ1n) is 5.71. The minimum absolute atomic E-state index is 0.128. The molecular formula is C12H24O3. The Kier molecular flexibility index (Phi) is 6.57. The van der Waals surface area contributed by atoms with Gasteiger partial charge in [0.25, 0.3) is 0 Å². The fraction of sp³-hybridized carbons (Fsp3) is 0.917. The third-order valence-corrected chi connectivity index (χ3v) is 3.04. The molecule has 15 heavy (non-hydrogen) atoms. The van der Waals surface area contributed by atoms with Crippen LogP contribution in [0.25, 0.3) is 0 Å². The second kappa shape index (κ2) is 6.83. The van der Waals surface area contributed by atoms with Crippen LogP contribution in [0.5, 0.6) is 0 Å². The van der Waals surface area contributed by atoms with Gasteiger partial charge < -0.3 is 9.47 Å². The molecule has 1 atom stereocenters. The molecule has 0 aromatic heterocycles. The van der Waals surface area contributed by atoms with Crippen LogP contribution in [0.3, 0.4) is 0 Å². The third-order valence-electron chi connectivity index (χ3n) is 3.04. The molecule has 0 aliphatic heterocycles. The van der Waals surface area contributed by atoms with Crippen LogP contribution in [0.1, 0.15) is 41.0 Å². The minimum Gasteiger partial charge on any atom is -0.463 e. The van der Waals surface area contributed by atoms with Crippen LogP contribution in [0.2, 0.25) is 0 Å². The molecule has 0 radical (unpaired) electrons. The van der Waals surface area contributed by atoms with Crippen molar-refractivity contribution in [3.63, 3.8) is 0 Å². The normalized spacial score (nSPS) is 13.7. The quantitative estimate of drug-likeness (QED) is 0.485. The SMILES string of the molecule is CCOCCOC(=O)C(C)(C)C(C)CC. The Balaban J connectivity index is 3.97. The molecule has 0 heterocycles. The molecule has 0 saturated carbocycles. The van der Waals surface area contributed by atoms with E-state index in [1.807, 2.05) is 20.8 Å². The smallest absolute Gasteiger partial charge is 0.311 e. The lowest BCUT2D eigenvalue weighted by Gasteiger charge is -2.28. The van der Waals surface area contributed by atoms with Crippen LogP contribution in [0.15, 0.2) is 0 Å². The molecule has 0 aromatic rings. The summed E-state index contributed by atoms with van der Waals surface area (Å²) in [7, 11) is 0. The van der Waals surface area contributed by atoms with E-state index in [1.165, 1.54) is 0 Å². The summed E-state index contributed by atoms with van der Waals surface area (Å²) >= 11 is 0.